The van der Waals surface area contributed by atoms with Crippen LogP contribution in [0.5, 0.6) is 0 Å². The highest BCUT2D eigenvalue weighted by Crippen LogP contribution is 2.23. The second-order valence-electron chi connectivity index (χ2n) is 7.05. The molecule has 1 aromatic heterocycles. The number of carbonyl (C=O) groups is 3. The average molecular weight is 380 g/mol. The summed E-state index contributed by atoms with van der Waals surface area (Å²) in [6.07, 6.45) is 2.21. The summed E-state index contributed by atoms with van der Waals surface area (Å²) in [6.45, 7) is 4.57. The summed E-state index contributed by atoms with van der Waals surface area (Å²) in [6, 6.07) is 11.6. The molecule has 0 saturated carbocycles. The summed E-state index contributed by atoms with van der Waals surface area (Å²) in [5, 5.41) is 5.36. The summed E-state index contributed by atoms with van der Waals surface area (Å²) in [5.74, 6) is -0.339. The summed E-state index contributed by atoms with van der Waals surface area (Å²) >= 11 is 0. The van der Waals surface area contributed by atoms with Crippen molar-refractivity contribution in [1.29, 1.82) is 0 Å². The van der Waals surface area contributed by atoms with Gasteiger partial charge >= 0.3 is 6.03 Å². The molecule has 1 aliphatic rings. The molecule has 3 rings (SSSR count). The molecule has 0 aliphatic carbocycles. The van der Waals surface area contributed by atoms with E-state index in [1.807, 2.05) is 30.3 Å². The number of benzene rings is 1. The number of urea groups is 1. The van der Waals surface area contributed by atoms with E-state index < -0.39 is 18.0 Å². The van der Waals surface area contributed by atoms with Crippen LogP contribution in [0, 0.1) is 0 Å². The predicted molar refractivity (Wildman–Crippen MR) is 106 cm³/mol. The Labute approximate surface area is 164 Å². The van der Waals surface area contributed by atoms with Crippen LogP contribution in [-0.2, 0) is 16.0 Å². The molecule has 1 aliphatic heterocycles. The van der Waals surface area contributed by atoms with Crippen LogP contribution < -0.4 is 15.5 Å². The number of anilines is 1. The van der Waals surface area contributed by atoms with E-state index >= 15 is 0 Å². The third-order valence-corrected chi connectivity index (χ3v) is 4.66. The van der Waals surface area contributed by atoms with Gasteiger partial charge in [-0.05, 0) is 35.7 Å². The minimum atomic E-state index is -0.855. The van der Waals surface area contributed by atoms with Crippen LogP contribution in [-0.4, -0.2) is 35.4 Å². The van der Waals surface area contributed by atoms with Gasteiger partial charge in [0.15, 0.2) is 0 Å². The average Bonchev–Trinajstić information content (AvgIpc) is 2.96. The number of aromatic nitrogens is 1. The zero-order chi connectivity index (χ0) is 20.1. The fourth-order valence-corrected chi connectivity index (χ4v) is 3.06. The van der Waals surface area contributed by atoms with Gasteiger partial charge in [-0.2, -0.15) is 0 Å². The zero-order valence-electron chi connectivity index (χ0n) is 16.0. The molecule has 1 unspecified atom stereocenters. The Hall–Kier alpha value is -3.22. The maximum atomic E-state index is 12.6. The van der Waals surface area contributed by atoms with Gasteiger partial charge in [0.1, 0.15) is 6.04 Å². The van der Waals surface area contributed by atoms with Gasteiger partial charge in [-0.25, -0.2) is 9.69 Å². The number of imide groups is 1. The lowest BCUT2D eigenvalue weighted by Crippen LogP contribution is -2.37. The first kappa shape index (κ1) is 19.5. The number of hydrogen-bond donors (Lipinski definition) is 2. The summed E-state index contributed by atoms with van der Waals surface area (Å²) in [4.78, 5) is 42.3. The lowest BCUT2D eigenvalue weighted by atomic mass is 10.0. The standard InChI is InChI=1S/C21H24N4O3/c1-14(2)15-6-8-17(9-7-15)25-20(27)18(24-21(25)28)13-19(26)23-12-10-16-5-3-4-11-22-16/h3-9,11,14,18H,10,12-13H2,1-2H3,(H,23,26)(H,24,28). The molecule has 2 aromatic rings. The Bertz CT molecular complexity index is 850. The minimum Gasteiger partial charge on any atom is -0.356 e. The quantitative estimate of drug-likeness (QED) is 0.722. The highest BCUT2D eigenvalue weighted by atomic mass is 16.2. The first-order chi connectivity index (χ1) is 13.5. The van der Waals surface area contributed by atoms with E-state index in [0.29, 0.717) is 24.6 Å². The van der Waals surface area contributed by atoms with Gasteiger partial charge in [0.05, 0.1) is 12.1 Å². The lowest BCUT2D eigenvalue weighted by molar-refractivity contribution is -0.125. The van der Waals surface area contributed by atoms with E-state index in [4.69, 9.17) is 0 Å². The lowest BCUT2D eigenvalue weighted by Gasteiger charge is -2.14. The topological polar surface area (TPSA) is 91.4 Å². The van der Waals surface area contributed by atoms with Gasteiger partial charge < -0.3 is 10.6 Å². The van der Waals surface area contributed by atoms with Crippen LogP contribution in [0.4, 0.5) is 10.5 Å². The van der Waals surface area contributed by atoms with Crippen LogP contribution >= 0.6 is 0 Å². The normalized spacial score (nSPS) is 16.4. The Morgan fingerprint density at radius 3 is 2.57 bits per heavy atom. The third-order valence-electron chi connectivity index (χ3n) is 4.66. The summed E-state index contributed by atoms with van der Waals surface area (Å²) < 4.78 is 0. The van der Waals surface area contributed by atoms with Crippen molar-refractivity contribution in [2.45, 2.75) is 38.6 Å². The number of nitrogens with one attached hydrogen (secondary N) is 2. The van der Waals surface area contributed by atoms with E-state index in [9.17, 15) is 14.4 Å². The van der Waals surface area contributed by atoms with Crippen molar-refractivity contribution in [3.8, 4) is 0 Å². The number of rotatable bonds is 7. The molecule has 7 nitrogen and oxygen atoms in total. The molecular formula is C21H24N4O3. The van der Waals surface area contributed by atoms with Crippen LogP contribution in [0.1, 0.15) is 37.4 Å². The first-order valence-electron chi connectivity index (χ1n) is 9.36. The van der Waals surface area contributed by atoms with Crippen LogP contribution in [0.3, 0.4) is 0 Å². The van der Waals surface area contributed by atoms with Gasteiger partial charge in [-0.3, -0.25) is 14.6 Å². The smallest absolute Gasteiger partial charge is 0.329 e. The maximum absolute atomic E-state index is 12.6. The monoisotopic (exact) mass is 380 g/mol. The first-order valence-corrected chi connectivity index (χ1v) is 9.36. The van der Waals surface area contributed by atoms with Gasteiger partial charge in [0.2, 0.25) is 5.91 Å². The van der Waals surface area contributed by atoms with Crippen molar-refractivity contribution in [3.05, 3.63) is 59.9 Å². The number of amides is 4. The molecule has 28 heavy (non-hydrogen) atoms. The van der Waals surface area contributed by atoms with Gasteiger partial charge in [0, 0.05) is 24.9 Å². The largest absolute Gasteiger partial charge is 0.356 e. The molecule has 0 radical (unpaired) electrons. The van der Waals surface area contributed by atoms with Gasteiger partial charge in [0.25, 0.3) is 5.91 Å². The van der Waals surface area contributed by atoms with Gasteiger partial charge in [-0.15, -0.1) is 0 Å². The Morgan fingerprint density at radius 2 is 1.93 bits per heavy atom. The Kier molecular flexibility index (Phi) is 6.03. The van der Waals surface area contributed by atoms with Crippen molar-refractivity contribution < 1.29 is 14.4 Å². The van der Waals surface area contributed by atoms with Crippen LogP contribution in [0.25, 0.3) is 0 Å². The van der Waals surface area contributed by atoms with Gasteiger partial charge in [-0.1, -0.05) is 32.0 Å². The fraction of sp³-hybridized carbons (Fsp3) is 0.333. The molecular weight excluding hydrogens is 356 g/mol. The molecule has 1 fully saturated rings. The minimum absolute atomic E-state index is 0.0899. The molecule has 2 N–H and O–H groups in total. The third kappa shape index (κ3) is 4.54. The van der Waals surface area contributed by atoms with Crippen molar-refractivity contribution in [2.24, 2.45) is 0 Å². The number of hydrogen-bond acceptors (Lipinski definition) is 4. The van der Waals surface area contributed by atoms with E-state index in [1.54, 1.807) is 18.3 Å². The zero-order valence-corrected chi connectivity index (χ0v) is 16.0. The Balaban J connectivity index is 1.54. The molecule has 0 spiro atoms. The van der Waals surface area contributed by atoms with E-state index in [0.717, 1.165) is 16.2 Å². The van der Waals surface area contributed by atoms with Crippen LogP contribution in [0.15, 0.2) is 48.7 Å². The number of nitrogens with zero attached hydrogens (tertiary/aromatic N) is 2. The SMILES string of the molecule is CC(C)c1ccc(N2C(=O)NC(CC(=O)NCCc3ccccn3)C2=O)cc1. The van der Waals surface area contributed by atoms with E-state index in [1.165, 1.54) is 0 Å². The molecule has 1 aromatic carbocycles. The number of pyridine rings is 1. The summed E-state index contributed by atoms with van der Waals surface area (Å²) in [7, 11) is 0. The molecule has 0 bridgehead atoms. The molecule has 1 saturated heterocycles. The fourth-order valence-electron chi connectivity index (χ4n) is 3.06. The molecule has 1 atom stereocenters. The molecule has 4 amide bonds. The van der Waals surface area contributed by atoms with Crippen LogP contribution in [0.2, 0.25) is 0 Å². The van der Waals surface area contributed by atoms with Crippen molar-refractivity contribution in [3.63, 3.8) is 0 Å². The summed E-state index contributed by atoms with van der Waals surface area (Å²) in [5.41, 5.74) is 2.51. The molecule has 146 valence electrons. The molecule has 7 heteroatoms. The Morgan fingerprint density at radius 1 is 1.18 bits per heavy atom. The number of carbonyl (C=O) groups excluding carboxylic acids is 3. The van der Waals surface area contributed by atoms with E-state index in [2.05, 4.69) is 29.5 Å². The van der Waals surface area contributed by atoms with Crippen molar-refractivity contribution >= 4 is 23.5 Å². The van der Waals surface area contributed by atoms with Crippen molar-refractivity contribution in [1.82, 2.24) is 15.6 Å². The second-order valence-corrected chi connectivity index (χ2v) is 7.05. The second kappa shape index (κ2) is 8.65. The van der Waals surface area contributed by atoms with Crippen molar-refractivity contribution in [2.75, 3.05) is 11.4 Å². The predicted octanol–water partition coefficient (Wildman–Crippen LogP) is 2.38. The highest BCUT2D eigenvalue weighted by Gasteiger charge is 2.39. The van der Waals surface area contributed by atoms with E-state index in [-0.39, 0.29) is 12.3 Å². The maximum Gasteiger partial charge on any atom is 0.329 e. The highest BCUT2D eigenvalue weighted by molar-refractivity contribution is 6.22. The molecule has 2 heterocycles.